The van der Waals surface area contributed by atoms with Gasteiger partial charge in [0.1, 0.15) is 11.6 Å². The summed E-state index contributed by atoms with van der Waals surface area (Å²) in [6.07, 6.45) is 1.85. The number of benzene rings is 5. The van der Waals surface area contributed by atoms with Gasteiger partial charge in [-0.15, -0.1) is 0 Å². The van der Waals surface area contributed by atoms with Gasteiger partial charge < -0.3 is 0 Å². The van der Waals surface area contributed by atoms with Crippen LogP contribution in [-0.2, 0) is 0 Å². The van der Waals surface area contributed by atoms with Crippen molar-refractivity contribution >= 4 is 43.6 Å². The van der Waals surface area contributed by atoms with E-state index >= 15 is 0 Å². The average Bonchev–Trinajstić information content (AvgIpc) is 3.59. The molecule has 0 saturated heterocycles. The zero-order chi connectivity index (χ0) is 32.5. The first-order valence-electron chi connectivity index (χ1n) is 16.5. The Balaban J connectivity index is 1.38. The van der Waals surface area contributed by atoms with E-state index in [1.807, 2.05) is 18.3 Å². The van der Waals surface area contributed by atoms with Crippen LogP contribution in [0, 0.1) is 27.7 Å². The van der Waals surface area contributed by atoms with Crippen molar-refractivity contribution in [2.45, 2.75) is 27.7 Å². The molecule has 0 unspecified atom stereocenters. The maximum atomic E-state index is 5.53. The Morgan fingerprint density at radius 2 is 0.854 bits per heavy atom. The molecule has 0 N–H and O–H groups in total. The third-order valence-corrected chi connectivity index (χ3v) is 9.57. The fourth-order valence-electron chi connectivity index (χ4n) is 7.28. The number of aryl methyl sites for hydroxylation is 4. The zero-order valence-electron chi connectivity index (χ0n) is 27.5. The summed E-state index contributed by atoms with van der Waals surface area (Å²) in [4.78, 5) is 10.2. The molecule has 0 aliphatic rings. The van der Waals surface area contributed by atoms with Crippen LogP contribution >= 0.6 is 0 Å². The third kappa shape index (κ3) is 4.52. The van der Waals surface area contributed by atoms with E-state index < -0.39 is 0 Å². The van der Waals surface area contributed by atoms with Crippen LogP contribution < -0.4 is 0 Å². The largest absolute Gasteiger partial charge is 0.294 e. The maximum Gasteiger partial charge on any atom is 0.140 e. The van der Waals surface area contributed by atoms with Gasteiger partial charge >= 0.3 is 0 Å². The molecular formula is C44H34N4. The highest BCUT2D eigenvalue weighted by atomic mass is 15.1. The van der Waals surface area contributed by atoms with E-state index in [0.717, 1.165) is 56.1 Å². The molecule has 0 amide bonds. The normalized spacial score (nSPS) is 11.8. The van der Waals surface area contributed by atoms with Crippen molar-refractivity contribution in [3.8, 4) is 34.0 Å². The fraction of sp³-hybridized carbons (Fsp3) is 0.0909. The Bertz CT molecular complexity index is 2450. The number of hydrogen-bond donors (Lipinski definition) is 0. The van der Waals surface area contributed by atoms with Gasteiger partial charge in [0.25, 0.3) is 0 Å². The highest BCUT2D eigenvalue weighted by molar-refractivity contribution is 6.11. The van der Waals surface area contributed by atoms with Crippen molar-refractivity contribution in [1.82, 2.24) is 19.1 Å². The minimum Gasteiger partial charge on any atom is -0.294 e. The molecule has 4 heteroatoms. The van der Waals surface area contributed by atoms with Crippen LogP contribution in [-0.4, -0.2) is 19.1 Å². The number of nitrogens with zero attached hydrogens (tertiary/aromatic N) is 4. The van der Waals surface area contributed by atoms with E-state index in [2.05, 4.69) is 157 Å². The molecule has 5 aromatic carbocycles. The lowest BCUT2D eigenvalue weighted by molar-refractivity contribution is 1.01. The fourth-order valence-corrected chi connectivity index (χ4v) is 7.28. The predicted molar refractivity (Wildman–Crippen MR) is 201 cm³/mol. The van der Waals surface area contributed by atoms with E-state index in [1.54, 1.807) is 0 Å². The lowest BCUT2D eigenvalue weighted by Gasteiger charge is -2.15. The van der Waals surface area contributed by atoms with Gasteiger partial charge in [-0.05, 0) is 118 Å². The number of pyridine rings is 2. The smallest absolute Gasteiger partial charge is 0.140 e. The molecule has 48 heavy (non-hydrogen) atoms. The second kappa shape index (κ2) is 10.8. The van der Waals surface area contributed by atoms with Gasteiger partial charge in [-0.25, -0.2) is 4.98 Å². The van der Waals surface area contributed by atoms with Gasteiger partial charge in [0, 0.05) is 33.3 Å². The van der Waals surface area contributed by atoms with Crippen molar-refractivity contribution in [1.29, 1.82) is 0 Å². The summed E-state index contributed by atoms with van der Waals surface area (Å²) in [7, 11) is 0. The van der Waals surface area contributed by atoms with Crippen LogP contribution in [0.4, 0.5) is 0 Å². The van der Waals surface area contributed by atoms with Crippen molar-refractivity contribution in [2.75, 3.05) is 0 Å². The van der Waals surface area contributed by atoms with E-state index in [0.29, 0.717) is 0 Å². The molecule has 0 radical (unpaired) electrons. The Morgan fingerprint density at radius 3 is 1.29 bits per heavy atom. The van der Waals surface area contributed by atoms with Crippen molar-refractivity contribution in [3.63, 3.8) is 0 Å². The SMILES string of the molecule is Cc1ccc2c(c1)c1cc(C)ccc1n2-c1cc(-c2cccc(-c3ccccn3)c2)cc(-n2c3ccc(C)cc3c3cc(C)ccc32)n1. The molecule has 4 aromatic heterocycles. The summed E-state index contributed by atoms with van der Waals surface area (Å²) < 4.78 is 4.67. The van der Waals surface area contributed by atoms with Gasteiger partial charge in [0.15, 0.2) is 0 Å². The van der Waals surface area contributed by atoms with Gasteiger partial charge in [-0.2, -0.15) is 0 Å². The first kappa shape index (κ1) is 28.2. The maximum absolute atomic E-state index is 5.53. The summed E-state index contributed by atoms with van der Waals surface area (Å²) in [6, 6.07) is 46.1. The molecule has 4 nitrogen and oxygen atoms in total. The molecule has 0 bridgehead atoms. The second-order valence-corrected chi connectivity index (χ2v) is 13.1. The molecule has 0 spiro atoms. The minimum absolute atomic E-state index is 0.882. The number of aromatic nitrogens is 4. The summed E-state index contributed by atoms with van der Waals surface area (Å²) in [5.41, 5.74) is 13.8. The van der Waals surface area contributed by atoms with E-state index in [9.17, 15) is 0 Å². The highest BCUT2D eigenvalue weighted by Gasteiger charge is 2.19. The molecular weight excluding hydrogens is 585 g/mol. The summed E-state index contributed by atoms with van der Waals surface area (Å²) in [5, 5.41) is 4.95. The Morgan fingerprint density at radius 1 is 0.396 bits per heavy atom. The molecule has 230 valence electrons. The Kier molecular flexibility index (Phi) is 6.34. The Hall–Kier alpha value is -6.00. The number of hydrogen-bond acceptors (Lipinski definition) is 2. The zero-order valence-corrected chi connectivity index (χ0v) is 27.5. The summed E-state index contributed by atoms with van der Waals surface area (Å²) in [5.74, 6) is 1.76. The quantitative estimate of drug-likeness (QED) is 0.197. The first-order chi connectivity index (χ1) is 23.4. The molecule has 0 atom stereocenters. The van der Waals surface area contributed by atoms with Crippen LogP contribution in [0.2, 0.25) is 0 Å². The van der Waals surface area contributed by atoms with Gasteiger partial charge in [-0.3, -0.25) is 14.1 Å². The van der Waals surface area contributed by atoms with Crippen molar-refractivity contribution in [2.24, 2.45) is 0 Å². The highest BCUT2D eigenvalue weighted by Crippen LogP contribution is 2.38. The van der Waals surface area contributed by atoms with Crippen LogP contribution in [0.3, 0.4) is 0 Å². The minimum atomic E-state index is 0.882. The van der Waals surface area contributed by atoms with Gasteiger partial charge in [-0.1, -0.05) is 70.8 Å². The first-order valence-corrected chi connectivity index (χ1v) is 16.5. The van der Waals surface area contributed by atoms with E-state index in [1.165, 1.54) is 43.8 Å². The van der Waals surface area contributed by atoms with Crippen LogP contribution in [0.1, 0.15) is 22.3 Å². The van der Waals surface area contributed by atoms with E-state index in [4.69, 9.17) is 4.98 Å². The third-order valence-electron chi connectivity index (χ3n) is 9.57. The van der Waals surface area contributed by atoms with Crippen LogP contribution in [0.15, 0.2) is 134 Å². The standard InChI is InChI=1S/C44H34N4/c1-27-11-15-39-34(20-27)35-21-28(2)12-16-40(35)47(39)43-25-33(31-8-7-9-32(24-31)38-10-5-6-19-45-38)26-44(46-43)48-41-17-13-29(3)22-36(41)37-23-30(4)14-18-42(37)48/h5-26H,1-4H3. The summed E-state index contributed by atoms with van der Waals surface area (Å²) >= 11 is 0. The lowest BCUT2D eigenvalue weighted by Crippen LogP contribution is -2.04. The molecule has 0 fully saturated rings. The van der Waals surface area contributed by atoms with Crippen molar-refractivity contribution in [3.05, 3.63) is 156 Å². The number of rotatable bonds is 4. The van der Waals surface area contributed by atoms with Gasteiger partial charge in [0.2, 0.25) is 0 Å². The molecule has 9 rings (SSSR count). The predicted octanol–water partition coefficient (Wildman–Crippen LogP) is 11.2. The van der Waals surface area contributed by atoms with E-state index in [-0.39, 0.29) is 0 Å². The van der Waals surface area contributed by atoms with Crippen molar-refractivity contribution < 1.29 is 0 Å². The molecule has 0 aliphatic carbocycles. The molecule has 0 saturated carbocycles. The van der Waals surface area contributed by atoms with Crippen LogP contribution in [0.25, 0.3) is 77.6 Å². The average molecular weight is 619 g/mol. The number of fused-ring (bicyclic) bond motifs is 6. The molecule has 0 aliphatic heterocycles. The summed E-state index contributed by atoms with van der Waals surface area (Å²) in [6.45, 7) is 8.65. The molecule has 4 heterocycles. The topological polar surface area (TPSA) is 35.6 Å². The van der Waals surface area contributed by atoms with Gasteiger partial charge in [0.05, 0.1) is 27.8 Å². The van der Waals surface area contributed by atoms with Crippen LogP contribution in [0.5, 0.6) is 0 Å². The lowest BCUT2D eigenvalue weighted by atomic mass is 10.0. The molecule has 9 aromatic rings. The Labute approximate surface area is 279 Å². The monoisotopic (exact) mass is 618 g/mol. The second-order valence-electron chi connectivity index (χ2n) is 13.1.